The van der Waals surface area contributed by atoms with Gasteiger partial charge in [0.25, 0.3) is 0 Å². The minimum Gasteiger partial charge on any atom is -0.494 e. The SMILES string of the molecule is CCOc1ccc2c(=O)c(Oc3ccc(C(=O)OC)cc3)coc2c1. The Morgan fingerprint density at radius 2 is 1.80 bits per heavy atom. The van der Waals surface area contributed by atoms with Crippen molar-refractivity contribution in [2.75, 3.05) is 13.7 Å². The molecule has 0 aliphatic carbocycles. The summed E-state index contributed by atoms with van der Waals surface area (Å²) in [6, 6.07) is 11.3. The Balaban J connectivity index is 1.89. The van der Waals surface area contributed by atoms with E-state index in [0.29, 0.717) is 34.6 Å². The third-order valence-corrected chi connectivity index (χ3v) is 3.53. The van der Waals surface area contributed by atoms with E-state index in [9.17, 15) is 9.59 Å². The number of rotatable bonds is 5. The van der Waals surface area contributed by atoms with Crippen LogP contribution in [0.1, 0.15) is 17.3 Å². The molecule has 0 saturated carbocycles. The number of ether oxygens (including phenoxy) is 3. The number of benzene rings is 2. The molecule has 3 aromatic rings. The third-order valence-electron chi connectivity index (χ3n) is 3.53. The van der Waals surface area contributed by atoms with Gasteiger partial charge in [0.1, 0.15) is 23.3 Å². The van der Waals surface area contributed by atoms with E-state index in [-0.39, 0.29) is 11.2 Å². The standard InChI is InChI=1S/C19H16O6/c1-3-23-14-8-9-15-16(10-14)24-11-17(18(15)20)25-13-6-4-12(5-7-13)19(21)22-2/h4-11H,3H2,1-2H3. The highest BCUT2D eigenvalue weighted by atomic mass is 16.5. The highest BCUT2D eigenvalue weighted by Crippen LogP contribution is 2.24. The average Bonchev–Trinajstić information content (AvgIpc) is 2.64. The van der Waals surface area contributed by atoms with Crippen LogP contribution in [-0.2, 0) is 4.74 Å². The molecule has 6 heteroatoms. The highest BCUT2D eigenvalue weighted by molar-refractivity contribution is 5.89. The number of hydrogen-bond acceptors (Lipinski definition) is 6. The predicted octanol–water partition coefficient (Wildman–Crippen LogP) is 3.77. The zero-order chi connectivity index (χ0) is 17.8. The summed E-state index contributed by atoms with van der Waals surface area (Å²) >= 11 is 0. The fourth-order valence-corrected chi connectivity index (χ4v) is 2.32. The molecule has 1 heterocycles. The molecule has 6 nitrogen and oxygen atoms in total. The molecule has 2 aromatic carbocycles. The molecule has 0 radical (unpaired) electrons. The van der Waals surface area contributed by atoms with Gasteiger partial charge in [-0.2, -0.15) is 0 Å². The molecule has 0 fully saturated rings. The van der Waals surface area contributed by atoms with Gasteiger partial charge in [0, 0.05) is 6.07 Å². The molecule has 25 heavy (non-hydrogen) atoms. The second kappa shape index (κ2) is 7.09. The molecule has 0 aliphatic rings. The Morgan fingerprint density at radius 1 is 1.08 bits per heavy atom. The van der Waals surface area contributed by atoms with Gasteiger partial charge in [-0.3, -0.25) is 4.79 Å². The van der Waals surface area contributed by atoms with Crippen molar-refractivity contribution in [3.8, 4) is 17.2 Å². The molecule has 0 amide bonds. The normalized spacial score (nSPS) is 10.5. The van der Waals surface area contributed by atoms with Gasteiger partial charge in [0.05, 0.1) is 24.7 Å². The summed E-state index contributed by atoms with van der Waals surface area (Å²) in [5.41, 5.74) is 0.523. The van der Waals surface area contributed by atoms with Crippen molar-refractivity contribution in [2.45, 2.75) is 6.92 Å². The van der Waals surface area contributed by atoms with Crippen molar-refractivity contribution in [3.05, 3.63) is 64.5 Å². The smallest absolute Gasteiger partial charge is 0.337 e. The Morgan fingerprint density at radius 3 is 2.48 bits per heavy atom. The molecule has 3 rings (SSSR count). The maximum Gasteiger partial charge on any atom is 0.337 e. The predicted molar refractivity (Wildman–Crippen MR) is 91.5 cm³/mol. The van der Waals surface area contributed by atoms with Crippen LogP contribution in [0.15, 0.2) is 57.9 Å². The summed E-state index contributed by atoms with van der Waals surface area (Å²) in [5.74, 6) is 0.653. The van der Waals surface area contributed by atoms with Gasteiger partial charge >= 0.3 is 5.97 Å². The lowest BCUT2D eigenvalue weighted by atomic mass is 10.2. The zero-order valence-corrected chi connectivity index (χ0v) is 13.8. The molecule has 0 spiro atoms. The Hall–Kier alpha value is -3.28. The number of carbonyl (C=O) groups is 1. The van der Waals surface area contributed by atoms with E-state index < -0.39 is 5.97 Å². The number of carbonyl (C=O) groups excluding carboxylic acids is 1. The van der Waals surface area contributed by atoms with Gasteiger partial charge in [-0.25, -0.2) is 4.79 Å². The number of methoxy groups -OCH3 is 1. The van der Waals surface area contributed by atoms with Crippen LogP contribution in [0.5, 0.6) is 17.2 Å². The van der Waals surface area contributed by atoms with Gasteiger partial charge in [-0.15, -0.1) is 0 Å². The Bertz CT molecular complexity index is 956. The summed E-state index contributed by atoms with van der Waals surface area (Å²) in [5, 5.41) is 0.395. The van der Waals surface area contributed by atoms with E-state index in [1.807, 2.05) is 6.92 Å². The second-order valence-corrected chi connectivity index (χ2v) is 5.14. The van der Waals surface area contributed by atoms with Crippen LogP contribution in [0, 0.1) is 0 Å². The van der Waals surface area contributed by atoms with E-state index in [4.69, 9.17) is 13.9 Å². The summed E-state index contributed by atoms with van der Waals surface area (Å²) < 4.78 is 21.1. The minimum atomic E-state index is -0.443. The molecule has 0 unspecified atom stereocenters. The topological polar surface area (TPSA) is 75.0 Å². The summed E-state index contributed by atoms with van der Waals surface area (Å²) in [6.45, 7) is 2.40. The molecule has 1 aromatic heterocycles. The first-order chi connectivity index (χ1) is 12.1. The molecule has 0 atom stereocenters. The highest BCUT2D eigenvalue weighted by Gasteiger charge is 2.11. The molecule has 0 saturated heterocycles. The van der Waals surface area contributed by atoms with Crippen LogP contribution < -0.4 is 14.9 Å². The monoisotopic (exact) mass is 340 g/mol. The second-order valence-electron chi connectivity index (χ2n) is 5.14. The molecular formula is C19H16O6. The van der Waals surface area contributed by atoms with Crippen molar-refractivity contribution < 1.29 is 23.4 Å². The van der Waals surface area contributed by atoms with E-state index in [1.165, 1.54) is 13.4 Å². The quantitative estimate of drug-likeness (QED) is 0.658. The number of fused-ring (bicyclic) bond motifs is 1. The molecule has 0 bridgehead atoms. The first-order valence-corrected chi connectivity index (χ1v) is 7.67. The molecule has 128 valence electrons. The summed E-state index contributed by atoms with van der Waals surface area (Å²) in [4.78, 5) is 23.9. The number of esters is 1. The maximum absolute atomic E-state index is 12.5. The molecular weight excluding hydrogens is 324 g/mol. The van der Waals surface area contributed by atoms with Crippen LogP contribution in [0.3, 0.4) is 0 Å². The van der Waals surface area contributed by atoms with Gasteiger partial charge < -0.3 is 18.6 Å². The average molecular weight is 340 g/mol. The van der Waals surface area contributed by atoms with Crippen LogP contribution in [0.4, 0.5) is 0 Å². The fraction of sp³-hybridized carbons (Fsp3) is 0.158. The van der Waals surface area contributed by atoms with E-state index in [1.54, 1.807) is 42.5 Å². The molecule has 0 aliphatic heterocycles. The lowest BCUT2D eigenvalue weighted by Crippen LogP contribution is -2.05. The van der Waals surface area contributed by atoms with E-state index >= 15 is 0 Å². The van der Waals surface area contributed by atoms with Crippen molar-refractivity contribution in [3.63, 3.8) is 0 Å². The van der Waals surface area contributed by atoms with Crippen LogP contribution in [-0.4, -0.2) is 19.7 Å². The van der Waals surface area contributed by atoms with Gasteiger partial charge in [-0.1, -0.05) is 0 Å². The first kappa shape index (κ1) is 16.6. The lowest BCUT2D eigenvalue weighted by Gasteiger charge is -2.07. The van der Waals surface area contributed by atoms with Crippen LogP contribution in [0.2, 0.25) is 0 Å². The van der Waals surface area contributed by atoms with Crippen molar-refractivity contribution in [2.24, 2.45) is 0 Å². The Labute approximate surface area is 143 Å². The van der Waals surface area contributed by atoms with Crippen molar-refractivity contribution in [1.29, 1.82) is 0 Å². The van der Waals surface area contributed by atoms with E-state index in [0.717, 1.165) is 0 Å². The fourth-order valence-electron chi connectivity index (χ4n) is 2.32. The number of hydrogen-bond donors (Lipinski definition) is 0. The lowest BCUT2D eigenvalue weighted by molar-refractivity contribution is 0.0600. The Kier molecular flexibility index (Phi) is 4.70. The van der Waals surface area contributed by atoms with Crippen LogP contribution >= 0.6 is 0 Å². The van der Waals surface area contributed by atoms with Crippen molar-refractivity contribution >= 4 is 16.9 Å². The molecule has 0 N–H and O–H groups in total. The summed E-state index contributed by atoms with van der Waals surface area (Å²) in [6.07, 6.45) is 1.26. The van der Waals surface area contributed by atoms with Gasteiger partial charge in [0.2, 0.25) is 11.2 Å². The third kappa shape index (κ3) is 3.47. The zero-order valence-electron chi connectivity index (χ0n) is 13.8. The van der Waals surface area contributed by atoms with Gasteiger partial charge in [-0.05, 0) is 43.3 Å². The maximum atomic E-state index is 12.5. The largest absolute Gasteiger partial charge is 0.494 e. The van der Waals surface area contributed by atoms with Crippen LogP contribution in [0.25, 0.3) is 11.0 Å². The van der Waals surface area contributed by atoms with Gasteiger partial charge in [0.15, 0.2) is 0 Å². The van der Waals surface area contributed by atoms with E-state index in [2.05, 4.69) is 4.74 Å². The summed E-state index contributed by atoms with van der Waals surface area (Å²) in [7, 11) is 1.31. The minimum absolute atomic E-state index is 0.0578. The first-order valence-electron chi connectivity index (χ1n) is 7.67. The van der Waals surface area contributed by atoms with Crippen molar-refractivity contribution in [1.82, 2.24) is 0 Å².